The van der Waals surface area contributed by atoms with Crippen LogP contribution < -0.4 is 19.7 Å². The molecule has 0 spiro atoms. The number of benzene rings is 3. The zero-order chi connectivity index (χ0) is 35.1. The molecule has 12 heteroatoms. The second kappa shape index (κ2) is 16.4. The van der Waals surface area contributed by atoms with Gasteiger partial charge in [0.05, 0.1) is 36.4 Å². The van der Waals surface area contributed by atoms with Crippen molar-refractivity contribution in [3.8, 4) is 11.5 Å². The molecule has 3 heterocycles. The number of sulfone groups is 1. The molecule has 0 bridgehead atoms. The van der Waals surface area contributed by atoms with Crippen LogP contribution in [0.2, 0.25) is 0 Å². The van der Waals surface area contributed by atoms with Crippen molar-refractivity contribution < 1.29 is 27.4 Å². The number of aromatic nitrogens is 3. The average Bonchev–Trinajstić information content (AvgIpc) is 3.68. The van der Waals surface area contributed by atoms with Gasteiger partial charge >= 0.3 is 0 Å². The van der Waals surface area contributed by atoms with E-state index >= 15 is 0 Å². The number of anilines is 1. The molecule has 2 aliphatic heterocycles. The molecule has 268 valence electrons. The number of nitrogens with zero attached hydrogens (tertiary/aromatic N) is 4. The summed E-state index contributed by atoms with van der Waals surface area (Å²) in [4.78, 5) is 6.63. The molecule has 1 N–H and O–H groups in total. The van der Waals surface area contributed by atoms with Gasteiger partial charge in [-0.25, -0.2) is 18.1 Å². The Morgan fingerprint density at radius 1 is 1.06 bits per heavy atom. The zero-order valence-corrected chi connectivity index (χ0v) is 30.2. The molecule has 0 aliphatic carbocycles. The summed E-state index contributed by atoms with van der Waals surface area (Å²) in [7, 11) is -0.635. The fourth-order valence-electron chi connectivity index (χ4n) is 7.10. The maximum Gasteiger partial charge on any atom is 0.209 e. The van der Waals surface area contributed by atoms with E-state index in [9.17, 15) is 8.42 Å². The molecule has 2 aliphatic rings. The van der Waals surface area contributed by atoms with Gasteiger partial charge in [-0.2, -0.15) is 5.10 Å². The van der Waals surface area contributed by atoms with Crippen LogP contribution in [0.1, 0.15) is 66.7 Å². The molecule has 50 heavy (non-hydrogen) atoms. The molecule has 1 saturated heterocycles. The third kappa shape index (κ3) is 8.15. The Hall–Kier alpha value is -3.97. The lowest BCUT2D eigenvalue weighted by Gasteiger charge is -2.40. The van der Waals surface area contributed by atoms with Gasteiger partial charge in [-0.1, -0.05) is 42.8 Å². The maximum absolute atomic E-state index is 14.6. The highest BCUT2D eigenvalue weighted by Gasteiger charge is 2.40. The molecular formula is C38H49N5O6S. The van der Waals surface area contributed by atoms with Crippen LogP contribution in [0, 0.1) is 6.92 Å². The number of nitrogens with one attached hydrogen (secondary N) is 1. The lowest BCUT2D eigenvalue weighted by molar-refractivity contribution is -0.00775. The van der Waals surface area contributed by atoms with Crippen molar-refractivity contribution in [3.05, 3.63) is 96.1 Å². The number of fused-ring (bicyclic) bond motifs is 1. The molecule has 1 aromatic heterocycles. The van der Waals surface area contributed by atoms with Crippen molar-refractivity contribution in [2.24, 2.45) is 0 Å². The van der Waals surface area contributed by atoms with Gasteiger partial charge in [0.25, 0.3) is 0 Å². The summed E-state index contributed by atoms with van der Waals surface area (Å²) in [6.45, 7) is 7.26. The SMILES string of the molecule is CCC(C[C@H]1C[C@H](c2ccc(OC)cc2)[C@@H](OC(c2ccc3c(c2)N(CCCOC)CCO3)S(=O)(=O)c2ccc(C)cc2)CN1)n1cncn1. The Kier molecular flexibility index (Phi) is 11.7. The van der Waals surface area contributed by atoms with E-state index < -0.39 is 21.4 Å². The van der Waals surface area contributed by atoms with Gasteiger partial charge in [-0.3, -0.25) is 0 Å². The molecule has 3 aromatic carbocycles. The molecule has 1 fully saturated rings. The van der Waals surface area contributed by atoms with Crippen molar-refractivity contribution in [3.63, 3.8) is 0 Å². The van der Waals surface area contributed by atoms with Crippen molar-refractivity contribution in [1.29, 1.82) is 0 Å². The zero-order valence-electron chi connectivity index (χ0n) is 29.4. The normalized spacial score (nSPS) is 20.5. The molecule has 2 unspecified atom stereocenters. The van der Waals surface area contributed by atoms with E-state index in [0.29, 0.717) is 31.9 Å². The van der Waals surface area contributed by atoms with Crippen LogP contribution in [0.5, 0.6) is 11.5 Å². The number of methoxy groups -OCH3 is 2. The van der Waals surface area contributed by atoms with Crippen LogP contribution >= 0.6 is 0 Å². The van der Waals surface area contributed by atoms with E-state index in [1.165, 1.54) is 0 Å². The Balaban J connectivity index is 1.35. The topological polar surface area (TPSA) is 117 Å². The van der Waals surface area contributed by atoms with Gasteiger partial charge in [0, 0.05) is 38.8 Å². The predicted molar refractivity (Wildman–Crippen MR) is 193 cm³/mol. The minimum absolute atomic E-state index is 0.0809. The highest BCUT2D eigenvalue weighted by atomic mass is 32.2. The summed E-state index contributed by atoms with van der Waals surface area (Å²) in [6, 6.07) is 21.0. The largest absolute Gasteiger partial charge is 0.497 e. The minimum Gasteiger partial charge on any atom is -0.497 e. The monoisotopic (exact) mass is 703 g/mol. The molecule has 5 atom stereocenters. The predicted octanol–water partition coefficient (Wildman–Crippen LogP) is 5.88. The first-order valence-electron chi connectivity index (χ1n) is 17.5. The number of rotatable bonds is 15. The number of aryl methyl sites for hydroxylation is 1. The molecule has 0 radical (unpaired) electrons. The molecular weight excluding hydrogens is 655 g/mol. The Morgan fingerprint density at radius 2 is 1.86 bits per heavy atom. The van der Waals surface area contributed by atoms with Crippen LogP contribution in [-0.4, -0.2) is 82.4 Å². The summed E-state index contributed by atoms with van der Waals surface area (Å²) >= 11 is 0. The quantitative estimate of drug-likeness (QED) is 0.151. The summed E-state index contributed by atoms with van der Waals surface area (Å²) in [6.07, 6.45) is 6.26. The van der Waals surface area contributed by atoms with Crippen molar-refractivity contribution >= 4 is 15.5 Å². The fourth-order valence-corrected chi connectivity index (χ4v) is 8.65. The van der Waals surface area contributed by atoms with Gasteiger partial charge in [-0.15, -0.1) is 0 Å². The lowest BCUT2D eigenvalue weighted by Crippen LogP contribution is -2.48. The number of piperidine rings is 1. The average molecular weight is 704 g/mol. The molecule has 11 nitrogen and oxygen atoms in total. The molecule has 0 amide bonds. The first kappa shape index (κ1) is 35.8. The van der Waals surface area contributed by atoms with Gasteiger partial charge in [0.1, 0.15) is 30.8 Å². The Labute approximate surface area is 295 Å². The lowest BCUT2D eigenvalue weighted by atomic mass is 9.82. The van der Waals surface area contributed by atoms with Gasteiger partial charge in [0.15, 0.2) is 5.44 Å². The van der Waals surface area contributed by atoms with Gasteiger partial charge in [-0.05, 0) is 80.1 Å². The van der Waals surface area contributed by atoms with Crippen molar-refractivity contribution in [2.75, 3.05) is 52.0 Å². The third-order valence-electron chi connectivity index (χ3n) is 9.90. The summed E-state index contributed by atoms with van der Waals surface area (Å²) < 4.78 is 54.9. The highest BCUT2D eigenvalue weighted by Crippen LogP contribution is 2.42. The fraction of sp³-hybridized carbons (Fsp3) is 0.474. The van der Waals surface area contributed by atoms with Crippen molar-refractivity contribution in [1.82, 2.24) is 20.1 Å². The molecule has 0 saturated carbocycles. The number of hydrogen-bond acceptors (Lipinski definition) is 10. The van der Waals surface area contributed by atoms with E-state index in [0.717, 1.165) is 60.5 Å². The van der Waals surface area contributed by atoms with Crippen LogP contribution in [0.3, 0.4) is 0 Å². The van der Waals surface area contributed by atoms with Crippen LogP contribution in [-0.2, 0) is 19.3 Å². The summed E-state index contributed by atoms with van der Waals surface area (Å²) in [5, 5.41) is 8.12. The standard InChI is InChI=1S/C38H49N5O6S/c1-5-31(43-26-39-25-41-43)22-30-23-34(28-9-12-32(47-4)13-10-28)37(24-40-30)49-38(50(44,45)33-14-7-27(2)8-15-33)29-11-16-36-35(21-29)42(18-20-48-36)17-6-19-46-3/h7-16,21,25-26,30-31,34,37-38,40H,5-6,17-20,22-24H2,1-4H3/t30-,31?,34+,37-,38?/m0/s1. The first-order chi connectivity index (χ1) is 24.3. The number of ether oxygens (including phenoxy) is 4. The second-order valence-corrected chi connectivity index (χ2v) is 15.2. The first-order valence-corrected chi connectivity index (χ1v) is 19.0. The van der Waals surface area contributed by atoms with E-state index in [-0.39, 0.29) is 22.9 Å². The number of hydrogen-bond donors (Lipinski definition) is 1. The second-order valence-electron chi connectivity index (χ2n) is 13.2. The molecule has 4 aromatic rings. The van der Waals surface area contributed by atoms with Gasteiger partial charge < -0.3 is 29.2 Å². The van der Waals surface area contributed by atoms with Crippen LogP contribution in [0.25, 0.3) is 0 Å². The maximum atomic E-state index is 14.6. The Bertz CT molecular complexity index is 1770. The smallest absolute Gasteiger partial charge is 0.209 e. The molecule has 6 rings (SSSR count). The van der Waals surface area contributed by atoms with E-state index in [2.05, 4.69) is 39.4 Å². The van der Waals surface area contributed by atoms with E-state index in [1.807, 2.05) is 54.1 Å². The van der Waals surface area contributed by atoms with Crippen LogP contribution in [0.4, 0.5) is 5.69 Å². The van der Waals surface area contributed by atoms with E-state index in [1.54, 1.807) is 39.0 Å². The Morgan fingerprint density at radius 3 is 2.56 bits per heavy atom. The summed E-state index contributed by atoms with van der Waals surface area (Å²) in [5.41, 5.74) is 2.24. The van der Waals surface area contributed by atoms with E-state index in [4.69, 9.17) is 18.9 Å². The van der Waals surface area contributed by atoms with Gasteiger partial charge in [0.2, 0.25) is 9.84 Å². The highest BCUT2D eigenvalue weighted by molar-refractivity contribution is 7.91. The van der Waals surface area contributed by atoms with Crippen LogP contribution in [0.15, 0.2) is 84.3 Å². The third-order valence-corrected chi connectivity index (χ3v) is 11.8. The van der Waals surface area contributed by atoms with Crippen molar-refractivity contribution in [2.45, 2.75) is 74.0 Å². The minimum atomic E-state index is -3.99. The summed E-state index contributed by atoms with van der Waals surface area (Å²) in [5.74, 6) is 1.42.